The highest BCUT2D eigenvalue weighted by atomic mass is 16.1. The van der Waals surface area contributed by atoms with Crippen molar-refractivity contribution < 1.29 is 4.79 Å². The quantitative estimate of drug-likeness (QED) is 0.693. The van der Waals surface area contributed by atoms with Crippen molar-refractivity contribution in [3.8, 4) is 0 Å². The number of rotatable bonds is 3. The topological polar surface area (TPSA) is 29.1 Å². The van der Waals surface area contributed by atoms with Crippen LogP contribution < -0.4 is 5.32 Å². The highest BCUT2D eigenvalue weighted by Crippen LogP contribution is 2.11. The van der Waals surface area contributed by atoms with Crippen LogP contribution in [0.2, 0.25) is 0 Å². The van der Waals surface area contributed by atoms with Gasteiger partial charge in [0.05, 0.1) is 0 Å². The zero-order chi connectivity index (χ0) is 8.97. The highest BCUT2D eigenvalue weighted by Gasteiger charge is 2.01. The van der Waals surface area contributed by atoms with Crippen LogP contribution in [0.4, 0.5) is 5.69 Å². The summed E-state index contributed by atoms with van der Waals surface area (Å²) in [5, 5.41) is 2.99. The van der Waals surface area contributed by atoms with Gasteiger partial charge in [0, 0.05) is 24.7 Å². The van der Waals surface area contributed by atoms with Crippen molar-refractivity contribution in [2.75, 3.05) is 12.4 Å². The van der Waals surface area contributed by atoms with Gasteiger partial charge in [-0.25, -0.2) is 0 Å². The number of ketones is 1. The summed E-state index contributed by atoms with van der Waals surface area (Å²) in [4.78, 5) is 11.3. The van der Waals surface area contributed by atoms with E-state index in [-0.39, 0.29) is 5.78 Å². The maximum atomic E-state index is 11.3. The van der Waals surface area contributed by atoms with Crippen LogP contribution in [0.5, 0.6) is 0 Å². The van der Waals surface area contributed by atoms with E-state index in [0.717, 1.165) is 11.3 Å². The van der Waals surface area contributed by atoms with Crippen LogP contribution in [0.1, 0.15) is 23.7 Å². The molecule has 2 nitrogen and oxygen atoms in total. The van der Waals surface area contributed by atoms with E-state index in [1.807, 2.05) is 38.2 Å². The molecular formula is C10H13NO. The molecule has 64 valence electrons. The number of nitrogens with one attached hydrogen (secondary N) is 1. The predicted molar refractivity (Wildman–Crippen MR) is 50.6 cm³/mol. The smallest absolute Gasteiger partial charge is 0.162 e. The summed E-state index contributed by atoms with van der Waals surface area (Å²) < 4.78 is 0. The molecule has 2 heteroatoms. The molecule has 0 radical (unpaired) electrons. The molecule has 0 aromatic heterocycles. The van der Waals surface area contributed by atoms with Crippen LogP contribution >= 0.6 is 0 Å². The molecule has 12 heavy (non-hydrogen) atoms. The molecule has 0 bridgehead atoms. The van der Waals surface area contributed by atoms with Gasteiger partial charge >= 0.3 is 0 Å². The third kappa shape index (κ3) is 1.84. The van der Waals surface area contributed by atoms with E-state index in [1.165, 1.54) is 0 Å². The molecule has 0 aliphatic rings. The average molecular weight is 163 g/mol. The van der Waals surface area contributed by atoms with E-state index >= 15 is 0 Å². The SMILES string of the molecule is CCC(=O)c1cccc(NC)c1. The van der Waals surface area contributed by atoms with E-state index < -0.39 is 0 Å². The Morgan fingerprint density at radius 1 is 1.50 bits per heavy atom. The first-order valence-electron chi connectivity index (χ1n) is 4.09. The van der Waals surface area contributed by atoms with Crippen molar-refractivity contribution in [1.29, 1.82) is 0 Å². The Bertz CT molecular complexity index is 281. The number of Topliss-reactive ketones (excluding diaryl/α,β-unsaturated/α-hetero) is 1. The van der Waals surface area contributed by atoms with Crippen LogP contribution in [-0.4, -0.2) is 12.8 Å². The van der Waals surface area contributed by atoms with Gasteiger partial charge in [0.15, 0.2) is 5.78 Å². The Morgan fingerprint density at radius 2 is 2.25 bits per heavy atom. The predicted octanol–water partition coefficient (Wildman–Crippen LogP) is 2.32. The Kier molecular flexibility index (Phi) is 2.86. The number of hydrogen-bond donors (Lipinski definition) is 1. The highest BCUT2D eigenvalue weighted by molar-refractivity contribution is 5.96. The van der Waals surface area contributed by atoms with Crippen LogP contribution in [0.3, 0.4) is 0 Å². The van der Waals surface area contributed by atoms with E-state index in [4.69, 9.17) is 0 Å². The molecular weight excluding hydrogens is 150 g/mol. The normalized spacial score (nSPS) is 9.50. The molecule has 0 amide bonds. The maximum absolute atomic E-state index is 11.3. The van der Waals surface area contributed by atoms with E-state index in [9.17, 15) is 4.79 Å². The molecule has 0 heterocycles. The Hall–Kier alpha value is -1.31. The van der Waals surface area contributed by atoms with Gasteiger partial charge in [0.1, 0.15) is 0 Å². The summed E-state index contributed by atoms with van der Waals surface area (Å²) in [6.07, 6.45) is 0.563. The Balaban J connectivity index is 2.93. The molecule has 0 fully saturated rings. The first kappa shape index (κ1) is 8.78. The van der Waals surface area contributed by atoms with Gasteiger partial charge in [0.25, 0.3) is 0 Å². The monoisotopic (exact) mass is 163 g/mol. The summed E-state index contributed by atoms with van der Waals surface area (Å²) in [5.74, 6) is 0.187. The average Bonchev–Trinajstić information content (AvgIpc) is 2.17. The molecule has 1 rings (SSSR count). The zero-order valence-electron chi connectivity index (χ0n) is 7.42. The minimum atomic E-state index is 0.187. The number of benzene rings is 1. The van der Waals surface area contributed by atoms with Crippen LogP contribution in [0.25, 0.3) is 0 Å². The van der Waals surface area contributed by atoms with Crippen molar-refractivity contribution in [2.45, 2.75) is 13.3 Å². The molecule has 1 aromatic carbocycles. The van der Waals surface area contributed by atoms with Gasteiger partial charge < -0.3 is 5.32 Å². The molecule has 0 unspecified atom stereocenters. The fraction of sp³-hybridized carbons (Fsp3) is 0.300. The third-order valence-corrected chi connectivity index (χ3v) is 1.79. The second-order valence-electron chi connectivity index (χ2n) is 2.61. The van der Waals surface area contributed by atoms with E-state index in [2.05, 4.69) is 5.32 Å². The Morgan fingerprint density at radius 3 is 2.83 bits per heavy atom. The second-order valence-corrected chi connectivity index (χ2v) is 2.61. The van der Waals surface area contributed by atoms with Gasteiger partial charge in [-0.3, -0.25) is 4.79 Å². The standard InChI is InChI=1S/C10H13NO/c1-3-10(12)8-5-4-6-9(7-8)11-2/h4-7,11H,3H2,1-2H3. The van der Waals surface area contributed by atoms with E-state index in [1.54, 1.807) is 0 Å². The van der Waals surface area contributed by atoms with Crippen LogP contribution in [0.15, 0.2) is 24.3 Å². The lowest BCUT2D eigenvalue weighted by atomic mass is 10.1. The molecule has 0 spiro atoms. The van der Waals surface area contributed by atoms with Gasteiger partial charge in [0.2, 0.25) is 0 Å². The molecule has 1 aromatic rings. The summed E-state index contributed by atoms with van der Waals surface area (Å²) in [6, 6.07) is 7.53. The third-order valence-electron chi connectivity index (χ3n) is 1.79. The molecule has 0 aliphatic heterocycles. The first-order valence-corrected chi connectivity index (χ1v) is 4.09. The van der Waals surface area contributed by atoms with Gasteiger partial charge in [-0.15, -0.1) is 0 Å². The lowest BCUT2D eigenvalue weighted by Crippen LogP contribution is -1.97. The minimum Gasteiger partial charge on any atom is -0.388 e. The summed E-state index contributed by atoms with van der Waals surface area (Å²) >= 11 is 0. The summed E-state index contributed by atoms with van der Waals surface area (Å²) in [7, 11) is 1.84. The second kappa shape index (κ2) is 3.90. The Labute approximate surface area is 72.6 Å². The molecule has 0 atom stereocenters. The van der Waals surface area contributed by atoms with Crippen molar-refractivity contribution in [2.24, 2.45) is 0 Å². The lowest BCUT2D eigenvalue weighted by molar-refractivity contribution is 0.0988. The minimum absolute atomic E-state index is 0.187. The number of carbonyl (C=O) groups excluding carboxylic acids is 1. The van der Waals surface area contributed by atoms with Crippen LogP contribution in [0, 0.1) is 0 Å². The van der Waals surface area contributed by atoms with Crippen molar-refractivity contribution in [3.05, 3.63) is 29.8 Å². The molecule has 1 N–H and O–H groups in total. The van der Waals surface area contributed by atoms with Gasteiger partial charge in [-0.1, -0.05) is 19.1 Å². The molecule has 0 saturated heterocycles. The fourth-order valence-corrected chi connectivity index (χ4v) is 1.05. The van der Waals surface area contributed by atoms with Crippen molar-refractivity contribution >= 4 is 11.5 Å². The fourth-order valence-electron chi connectivity index (χ4n) is 1.05. The van der Waals surface area contributed by atoms with Crippen molar-refractivity contribution in [3.63, 3.8) is 0 Å². The van der Waals surface area contributed by atoms with Gasteiger partial charge in [-0.2, -0.15) is 0 Å². The van der Waals surface area contributed by atoms with Crippen LogP contribution in [-0.2, 0) is 0 Å². The number of carbonyl (C=O) groups is 1. The first-order chi connectivity index (χ1) is 5.77. The largest absolute Gasteiger partial charge is 0.388 e. The molecule has 0 saturated carbocycles. The summed E-state index contributed by atoms with van der Waals surface area (Å²) in [6.45, 7) is 1.87. The lowest BCUT2D eigenvalue weighted by Gasteiger charge is -2.01. The maximum Gasteiger partial charge on any atom is 0.162 e. The number of hydrogen-bond acceptors (Lipinski definition) is 2. The molecule has 0 aliphatic carbocycles. The zero-order valence-corrected chi connectivity index (χ0v) is 7.42. The van der Waals surface area contributed by atoms with Gasteiger partial charge in [-0.05, 0) is 12.1 Å². The number of anilines is 1. The van der Waals surface area contributed by atoms with Crippen molar-refractivity contribution in [1.82, 2.24) is 0 Å². The van der Waals surface area contributed by atoms with E-state index in [0.29, 0.717) is 6.42 Å². The summed E-state index contributed by atoms with van der Waals surface area (Å²) in [5.41, 5.74) is 1.76.